The lowest BCUT2D eigenvalue weighted by molar-refractivity contribution is -0.111. The Morgan fingerprint density at radius 3 is 2.71 bits per heavy atom. The first kappa shape index (κ1) is 16.4. The van der Waals surface area contributed by atoms with Gasteiger partial charge in [-0.15, -0.1) is 22.7 Å². The van der Waals surface area contributed by atoms with E-state index in [1.165, 1.54) is 17.4 Å². The summed E-state index contributed by atoms with van der Waals surface area (Å²) in [5, 5.41) is 5.39. The van der Waals surface area contributed by atoms with Crippen molar-refractivity contribution in [3.05, 3.63) is 57.6 Å². The molecule has 0 aliphatic rings. The maximum atomic E-state index is 12.0. The highest BCUT2D eigenvalue weighted by Crippen LogP contribution is 2.31. The third-order valence-electron chi connectivity index (χ3n) is 3.33. The summed E-state index contributed by atoms with van der Waals surface area (Å²) < 4.78 is 5.17. The van der Waals surface area contributed by atoms with Gasteiger partial charge in [-0.05, 0) is 48.7 Å². The minimum atomic E-state index is -0.182. The number of amides is 1. The van der Waals surface area contributed by atoms with Gasteiger partial charge in [0.25, 0.3) is 0 Å². The van der Waals surface area contributed by atoms with E-state index in [1.807, 2.05) is 48.7 Å². The molecular formula is C18H16N2O2S2. The van der Waals surface area contributed by atoms with Crippen molar-refractivity contribution in [2.45, 2.75) is 6.92 Å². The number of anilines is 1. The standard InChI is InChI=1S/C18H16N2O2S2/c1-12-17(13-5-7-14(22-2)8-6-13)20-18(24-12)19-16(21)10-9-15-4-3-11-23-15/h3-11H,1-2H3,(H,19,20,21)/b10-9+. The molecule has 3 aromatic rings. The molecule has 6 heteroatoms. The fourth-order valence-corrected chi connectivity index (χ4v) is 3.61. The third kappa shape index (κ3) is 3.90. The van der Waals surface area contributed by atoms with E-state index >= 15 is 0 Å². The lowest BCUT2D eigenvalue weighted by Gasteiger charge is -2.01. The minimum absolute atomic E-state index is 0.182. The predicted octanol–water partition coefficient (Wildman–Crippen LogP) is 4.84. The van der Waals surface area contributed by atoms with Gasteiger partial charge >= 0.3 is 0 Å². The van der Waals surface area contributed by atoms with Crippen LogP contribution in [0.15, 0.2) is 47.9 Å². The van der Waals surface area contributed by atoms with Crippen LogP contribution in [0.4, 0.5) is 5.13 Å². The maximum absolute atomic E-state index is 12.0. The number of hydrogen-bond donors (Lipinski definition) is 1. The van der Waals surface area contributed by atoms with Crippen molar-refractivity contribution in [1.29, 1.82) is 0 Å². The van der Waals surface area contributed by atoms with Gasteiger partial charge in [-0.1, -0.05) is 6.07 Å². The number of nitrogens with one attached hydrogen (secondary N) is 1. The largest absolute Gasteiger partial charge is 0.497 e. The van der Waals surface area contributed by atoms with E-state index < -0.39 is 0 Å². The molecule has 0 fully saturated rings. The second-order valence-electron chi connectivity index (χ2n) is 4.99. The van der Waals surface area contributed by atoms with Crippen molar-refractivity contribution in [3.8, 4) is 17.0 Å². The number of hydrogen-bond acceptors (Lipinski definition) is 5. The molecule has 0 aliphatic carbocycles. The van der Waals surface area contributed by atoms with E-state index in [9.17, 15) is 4.79 Å². The van der Waals surface area contributed by atoms with Crippen LogP contribution in [0.3, 0.4) is 0 Å². The lowest BCUT2D eigenvalue weighted by atomic mass is 10.1. The van der Waals surface area contributed by atoms with Crippen molar-refractivity contribution < 1.29 is 9.53 Å². The summed E-state index contributed by atoms with van der Waals surface area (Å²) in [6.45, 7) is 1.99. The highest BCUT2D eigenvalue weighted by molar-refractivity contribution is 7.16. The van der Waals surface area contributed by atoms with Gasteiger partial charge < -0.3 is 4.74 Å². The summed E-state index contributed by atoms with van der Waals surface area (Å²) in [7, 11) is 1.64. The van der Waals surface area contributed by atoms with Crippen LogP contribution < -0.4 is 10.1 Å². The monoisotopic (exact) mass is 356 g/mol. The fraction of sp³-hybridized carbons (Fsp3) is 0.111. The molecule has 1 aromatic carbocycles. The molecule has 2 heterocycles. The van der Waals surface area contributed by atoms with Crippen molar-refractivity contribution in [3.63, 3.8) is 0 Å². The maximum Gasteiger partial charge on any atom is 0.250 e. The number of aryl methyl sites for hydroxylation is 1. The van der Waals surface area contributed by atoms with Crippen LogP contribution in [-0.4, -0.2) is 18.0 Å². The Morgan fingerprint density at radius 2 is 2.04 bits per heavy atom. The van der Waals surface area contributed by atoms with Gasteiger partial charge in [0.2, 0.25) is 5.91 Å². The molecule has 0 unspecified atom stereocenters. The van der Waals surface area contributed by atoms with Gasteiger partial charge in [-0.2, -0.15) is 0 Å². The average Bonchev–Trinajstić information content (AvgIpc) is 3.23. The second-order valence-corrected chi connectivity index (χ2v) is 7.17. The number of carbonyl (C=O) groups excluding carboxylic acids is 1. The van der Waals surface area contributed by atoms with Gasteiger partial charge in [0, 0.05) is 21.4 Å². The minimum Gasteiger partial charge on any atom is -0.497 e. The highest BCUT2D eigenvalue weighted by atomic mass is 32.1. The molecule has 0 atom stereocenters. The van der Waals surface area contributed by atoms with Crippen LogP contribution in [-0.2, 0) is 4.79 Å². The molecule has 4 nitrogen and oxygen atoms in total. The van der Waals surface area contributed by atoms with E-state index in [2.05, 4.69) is 10.3 Å². The topological polar surface area (TPSA) is 51.2 Å². The van der Waals surface area contributed by atoms with E-state index in [-0.39, 0.29) is 5.91 Å². The SMILES string of the molecule is COc1ccc(-c2nc(NC(=O)/C=C/c3cccs3)sc2C)cc1. The quantitative estimate of drug-likeness (QED) is 0.666. The van der Waals surface area contributed by atoms with Crippen LogP contribution in [0, 0.1) is 6.92 Å². The summed E-state index contributed by atoms with van der Waals surface area (Å²) >= 11 is 3.05. The Hall–Kier alpha value is -2.44. The number of carbonyl (C=O) groups is 1. The molecule has 0 radical (unpaired) electrons. The molecule has 24 heavy (non-hydrogen) atoms. The molecule has 0 spiro atoms. The van der Waals surface area contributed by atoms with Gasteiger partial charge in [0.1, 0.15) is 5.75 Å². The first-order valence-corrected chi connectivity index (χ1v) is 9.00. The number of thiazole rings is 1. The van der Waals surface area contributed by atoms with Crippen LogP contribution in [0.5, 0.6) is 5.75 Å². The summed E-state index contributed by atoms with van der Waals surface area (Å²) in [6.07, 6.45) is 3.32. The zero-order valence-electron chi connectivity index (χ0n) is 13.3. The van der Waals surface area contributed by atoms with Gasteiger partial charge in [-0.3, -0.25) is 10.1 Å². The summed E-state index contributed by atoms with van der Waals surface area (Å²) in [5.74, 6) is 0.623. The molecule has 0 bridgehead atoms. The van der Waals surface area contributed by atoms with E-state index in [0.29, 0.717) is 5.13 Å². The van der Waals surface area contributed by atoms with E-state index in [0.717, 1.165) is 26.8 Å². The zero-order chi connectivity index (χ0) is 16.9. The van der Waals surface area contributed by atoms with Crippen molar-refractivity contribution in [1.82, 2.24) is 4.98 Å². The molecule has 2 aromatic heterocycles. The van der Waals surface area contributed by atoms with Crippen molar-refractivity contribution >= 4 is 39.8 Å². The molecule has 0 aliphatic heterocycles. The number of methoxy groups -OCH3 is 1. The summed E-state index contributed by atoms with van der Waals surface area (Å²) in [5.41, 5.74) is 1.87. The number of rotatable bonds is 5. The summed E-state index contributed by atoms with van der Waals surface area (Å²) in [6, 6.07) is 11.6. The van der Waals surface area contributed by atoms with Gasteiger partial charge in [0.05, 0.1) is 12.8 Å². The van der Waals surface area contributed by atoms with Crippen LogP contribution in [0.25, 0.3) is 17.3 Å². The number of nitrogens with zero attached hydrogens (tertiary/aromatic N) is 1. The van der Waals surface area contributed by atoms with E-state index in [1.54, 1.807) is 24.5 Å². The number of ether oxygens (including phenoxy) is 1. The molecule has 1 amide bonds. The predicted molar refractivity (Wildman–Crippen MR) is 101 cm³/mol. The Labute approximate surface area is 148 Å². The Bertz CT molecular complexity index is 850. The van der Waals surface area contributed by atoms with Crippen molar-refractivity contribution in [2.75, 3.05) is 12.4 Å². The normalized spacial score (nSPS) is 10.9. The summed E-state index contributed by atoms with van der Waals surface area (Å²) in [4.78, 5) is 18.6. The molecular weight excluding hydrogens is 340 g/mol. The molecule has 122 valence electrons. The van der Waals surface area contributed by atoms with Crippen LogP contribution >= 0.6 is 22.7 Å². The third-order valence-corrected chi connectivity index (χ3v) is 5.06. The first-order valence-electron chi connectivity index (χ1n) is 7.30. The second kappa shape index (κ2) is 7.42. The van der Waals surface area contributed by atoms with Gasteiger partial charge in [-0.25, -0.2) is 4.98 Å². The Balaban J connectivity index is 1.72. The first-order chi connectivity index (χ1) is 11.7. The van der Waals surface area contributed by atoms with Gasteiger partial charge in [0.15, 0.2) is 5.13 Å². The van der Waals surface area contributed by atoms with Crippen LogP contribution in [0.2, 0.25) is 0 Å². The number of thiophene rings is 1. The van der Waals surface area contributed by atoms with Crippen LogP contribution in [0.1, 0.15) is 9.75 Å². The van der Waals surface area contributed by atoms with E-state index in [4.69, 9.17) is 4.74 Å². The molecule has 0 saturated carbocycles. The molecule has 0 saturated heterocycles. The lowest BCUT2D eigenvalue weighted by Crippen LogP contribution is -2.07. The number of aromatic nitrogens is 1. The van der Waals surface area contributed by atoms with Crippen molar-refractivity contribution in [2.24, 2.45) is 0 Å². The molecule has 1 N–H and O–H groups in total. The Morgan fingerprint density at radius 1 is 1.25 bits per heavy atom. The number of benzene rings is 1. The highest BCUT2D eigenvalue weighted by Gasteiger charge is 2.11. The zero-order valence-corrected chi connectivity index (χ0v) is 14.9. The fourth-order valence-electron chi connectivity index (χ4n) is 2.16. The average molecular weight is 356 g/mol. The Kier molecular flexibility index (Phi) is 5.08. The smallest absolute Gasteiger partial charge is 0.250 e. The molecule has 3 rings (SSSR count).